The van der Waals surface area contributed by atoms with Crippen LogP contribution in [0, 0.1) is 17.1 Å². The average molecular weight is 232 g/mol. The van der Waals surface area contributed by atoms with E-state index in [2.05, 4.69) is 11.0 Å². The lowest BCUT2D eigenvalue weighted by atomic mass is 10.1. The first-order valence-electron chi connectivity index (χ1n) is 6.20. The van der Waals surface area contributed by atoms with Crippen molar-refractivity contribution in [1.29, 1.82) is 5.26 Å². The Hall–Kier alpha value is -1.40. The van der Waals surface area contributed by atoms with Crippen LogP contribution < -0.4 is 0 Å². The highest BCUT2D eigenvalue weighted by Crippen LogP contribution is 2.16. The van der Waals surface area contributed by atoms with Gasteiger partial charge in [-0.1, -0.05) is 12.8 Å². The van der Waals surface area contributed by atoms with Gasteiger partial charge in [0.25, 0.3) is 0 Å². The summed E-state index contributed by atoms with van der Waals surface area (Å²) < 4.78 is 13.2. The summed E-state index contributed by atoms with van der Waals surface area (Å²) in [6.45, 7) is 2.81. The van der Waals surface area contributed by atoms with Crippen molar-refractivity contribution in [2.45, 2.75) is 32.2 Å². The van der Waals surface area contributed by atoms with Crippen LogP contribution in [0.1, 0.15) is 36.8 Å². The van der Waals surface area contributed by atoms with Crippen LogP contribution in [0.3, 0.4) is 0 Å². The first-order valence-corrected chi connectivity index (χ1v) is 6.20. The minimum atomic E-state index is -0.256. The van der Waals surface area contributed by atoms with Crippen molar-refractivity contribution in [3.05, 3.63) is 35.1 Å². The van der Waals surface area contributed by atoms with Gasteiger partial charge in [-0.25, -0.2) is 4.39 Å². The van der Waals surface area contributed by atoms with E-state index in [9.17, 15) is 4.39 Å². The standard InChI is InChI=1S/C14H17FN2/c15-14-6-5-12(10-16)13(9-14)11-17-7-3-1-2-4-8-17/h5-6,9H,1-4,7-8,11H2. The Kier molecular flexibility index (Phi) is 4.11. The summed E-state index contributed by atoms with van der Waals surface area (Å²) in [5, 5.41) is 9.00. The van der Waals surface area contributed by atoms with Gasteiger partial charge in [0.1, 0.15) is 5.82 Å². The predicted molar refractivity (Wildman–Crippen MR) is 64.9 cm³/mol. The first kappa shape index (κ1) is 12.1. The molecule has 1 aromatic rings. The first-order chi connectivity index (χ1) is 8.29. The number of hydrogen-bond acceptors (Lipinski definition) is 2. The van der Waals surface area contributed by atoms with Crippen LogP contribution in [-0.4, -0.2) is 18.0 Å². The molecule has 90 valence electrons. The highest BCUT2D eigenvalue weighted by molar-refractivity contribution is 5.37. The van der Waals surface area contributed by atoms with Gasteiger partial charge in [0.15, 0.2) is 0 Å². The van der Waals surface area contributed by atoms with Gasteiger partial charge < -0.3 is 0 Å². The fraction of sp³-hybridized carbons (Fsp3) is 0.500. The molecule has 0 amide bonds. The van der Waals surface area contributed by atoms with Crippen LogP contribution in [0.2, 0.25) is 0 Å². The fourth-order valence-corrected chi connectivity index (χ4v) is 2.34. The maximum Gasteiger partial charge on any atom is 0.123 e. The van der Waals surface area contributed by atoms with Gasteiger partial charge in [-0.3, -0.25) is 4.90 Å². The number of hydrogen-bond donors (Lipinski definition) is 0. The molecule has 1 fully saturated rings. The van der Waals surface area contributed by atoms with Crippen LogP contribution in [0.25, 0.3) is 0 Å². The summed E-state index contributed by atoms with van der Waals surface area (Å²) in [5.74, 6) is -0.256. The molecule has 0 bridgehead atoms. The number of nitrogens with zero attached hydrogens (tertiary/aromatic N) is 2. The maximum atomic E-state index is 13.2. The maximum absolute atomic E-state index is 13.2. The minimum absolute atomic E-state index is 0.256. The van der Waals surface area contributed by atoms with Gasteiger partial charge in [-0.2, -0.15) is 5.26 Å². The molecule has 0 N–H and O–H groups in total. The second-order valence-electron chi connectivity index (χ2n) is 4.60. The summed E-state index contributed by atoms with van der Waals surface area (Å²) >= 11 is 0. The van der Waals surface area contributed by atoms with Gasteiger partial charge >= 0.3 is 0 Å². The molecular weight excluding hydrogens is 215 g/mol. The fourth-order valence-electron chi connectivity index (χ4n) is 2.34. The van der Waals surface area contributed by atoms with E-state index < -0.39 is 0 Å². The molecule has 1 saturated heterocycles. The van der Waals surface area contributed by atoms with E-state index in [1.807, 2.05) is 0 Å². The summed E-state index contributed by atoms with van der Waals surface area (Å²) in [6.07, 6.45) is 4.98. The Labute approximate surface area is 102 Å². The van der Waals surface area contributed by atoms with Crippen molar-refractivity contribution in [2.24, 2.45) is 0 Å². The molecule has 17 heavy (non-hydrogen) atoms. The normalized spacial score (nSPS) is 17.4. The van der Waals surface area contributed by atoms with Crippen LogP contribution in [-0.2, 0) is 6.54 Å². The number of nitriles is 1. The molecule has 2 rings (SSSR count). The van der Waals surface area contributed by atoms with E-state index in [1.165, 1.54) is 37.8 Å². The average Bonchev–Trinajstić information content (AvgIpc) is 2.58. The second-order valence-corrected chi connectivity index (χ2v) is 4.60. The van der Waals surface area contributed by atoms with E-state index in [0.29, 0.717) is 12.1 Å². The third-order valence-corrected chi connectivity index (χ3v) is 3.28. The zero-order valence-corrected chi connectivity index (χ0v) is 9.95. The Morgan fingerprint density at radius 2 is 1.88 bits per heavy atom. The molecule has 3 heteroatoms. The number of rotatable bonds is 2. The van der Waals surface area contributed by atoms with E-state index in [0.717, 1.165) is 18.7 Å². The SMILES string of the molecule is N#Cc1ccc(F)cc1CN1CCCCCC1. The molecule has 0 atom stereocenters. The zero-order chi connectivity index (χ0) is 12.1. The molecule has 1 aliphatic rings. The van der Waals surface area contributed by atoms with Gasteiger partial charge in [0, 0.05) is 6.54 Å². The van der Waals surface area contributed by atoms with Gasteiger partial charge in [0.05, 0.1) is 11.6 Å². The lowest BCUT2D eigenvalue weighted by molar-refractivity contribution is 0.276. The molecule has 2 nitrogen and oxygen atoms in total. The molecule has 0 aliphatic carbocycles. The van der Waals surface area contributed by atoms with Crippen molar-refractivity contribution in [3.63, 3.8) is 0 Å². The van der Waals surface area contributed by atoms with Gasteiger partial charge in [-0.05, 0) is 49.7 Å². The lowest BCUT2D eigenvalue weighted by Crippen LogP contribution is -2.24. The topological polar surface area (TPSA) is 27.0 Å². The van der Waals surface area contributed by atoms with Gasteiger partial charge in [-0.15, -0.1) is 0 Å². The molecule has 0 unspecified atom stereocenters. The van der Waals surface area contributed by atoms with Crippen LogP contribution in [0.15, 0.2) is 18.2 Å². The van der Waals surface area contributed by atoms with Crippen molar-refractivity contribution in [2.75, 3.05) is 13.1 Å². The molecule has 0 radical (unpaired) electrons. The summed E-state index contributed by atoms with van der Waals surface area (Å²) in [5.41, 5.74) is 1.41. The van der Waals surface area contributed by atoms with Crippen LogP contribution >= 0.6 is 0 Å². The monoisotopic (exact) mass is 232 g/mol. The Morgan fingerprint density at radius 1 is 1.18 bits per heavy atom. The molecule has 1 aromatic carbocycles. The lowest BCUT2D eigenvalue weighted by Gasteiger charge is -2.20. The Bertz CT molecular complexity index is 415. The third kappa shape index (κ3) is 3.28. The van der Waals surface area contributed by atoms with E-state index in [1.54, 1.807) is 6.07 Å². The summed E-state index contributed by atoms with van der Waals surface area (Å²) in [4.78, 5) is 2.32. The van der Waals surface area contributed by atoms with E-state index in [-0.39, 0.29) is 5.82 Å². The molecular formula is C14H17FN2. The van der Waals surface area contributed by atoms with Gasteiger partial charge in [0.2, 0.25) is 0 Å². The molecule has 0 spiro atoms. The molecule has 0 saturated carbocycles. The summed E-state index contributed by atoms with van der Waals surface area (Å²) in [7, 11) is 0. The highest BCUT2D eigenvalue weighted by atomic mass is 19.1. The van der Waals surface area contributed by atoms with Crippen LogP contribution in [0.4, 0.5) is 4.39 Å². The van der Waals surface area contributed by atoms with Crippen molar-refractivity contribution >= 4 is 0 Å². The molecule has 0 aromatic heterocycles. The Morgan fingerprint density at radius 3 is 2.53 bits per heavy atom. The number of benzene rings is 1. The molecule has 1 heterocycles. The number of halogens is 1. The third-order valence-electron chi connectivity index (χ3n) is 3.28. The quantitative estimate of drug-likeness (QED) is 0.783. The summed E-state index contributed by atoms with van der Waals surface area (Å²) in [6, 6.07) is 6.55. The van der Waals surface area contributed by atoms with E-state index in [4.69, 9.17) is 5.26 Å². The second kappa shape index (κ2) is 5.79. The van der Waals surface area contributed by atoms with Crippen molar-refractivity contribution in [3.8, 4) is 6.07 Å². The highest BCUT2D eigenvalue weighted by Gasteiger charge is 2.12. The van der Waals surface area contributed by atoms with Crippen molar-refractivity contribution < 1.29 is 4.39 Å². The predicted octanol–water partition coefficient (Wildman–Crippen LogP) is 3.07. The molecule has 1 aliphatic heterocycles. The smallest absolute Gasteiger partial charge is 0.123 e. The van der Waals surface area contributed by atoms with Crippen LogP contribution in [0.5, 0.6) is 0 Å². The zero-order valence-electron chi connectivity index (χ0n) is 9.95. The largest absolute Gasteiger partial charge is 0.299 e. The number of likely N-dealkylation sites (tertiary alicyclic amines) is 1. The van der Waals surface area contributed by atoms with Crippen molar-refractivity contribution in [1.82, 2.24) is 4.90 Å². The van der Waals surface area contributed by atoms with E-state index >= 15 is 0 Å². The Balaban J connectivity index is 2.11. The minimum Gasteiger partial charge on any atom is -0.299 e.